The number of aryl methyl sites for hydroxylation is 1. The van der Waals surface area contributed by atoms with Gasteiger partial charge in [0.25, 0.3) is 0 Å². The number of hydrogen-bond acceptors (Lipinski definition) is 4. The largest absolute Gasteiger partial charge is 0.508 e. The molecule has 0 amide bonds. The quantitative estimate of drug-likeness (QED) is 0.872. The molecule has 0 fully saturated rings. The fraction of sp³-hybridized carbons (Fsp3) is 0.0769. The molecule has 0 radical (unpaired) electrons. The van der Waals surface area contributed by atoms with Gasteiger partial charge in [-0.3, -0.25) is 0 Å². The highest BCUT2D eigenvalue weighted by atomic mass is 32.2. The summed E-state index contributed by atoms with van der Waals surface area (Å²) >= 11 is 0. The molecule has 94 valence electrons. The monoisotopic (exact) mass is 264 g/mol. The van der Waals surface area contributed by atoms with E-state index in [-0.39, 0.29) is 21.3 Å². The molecule has 0 aromatic heterocycles. The topological polar surface area (TPSA) is 74.6 Å². The Kier molecular flexibility index (Phi) is 3.00. The van der Waals surface area contributed by atoms with Crippen molar-refractivity contribution in [2.45, 2.75) is 16.7 Å². The van der Waals surface area contributed by atoms with Crippen molar-refractivity contribution in [1.82, 2.24) is 0 Å². The van der Waals surface area contributed by atoms with Crippen LogP contribution in [0.1, 0.15) is 5.56 Å². The van der Waals surface area contributed by atoms with Crippen molar-refractivity contribution < 1.29 is 18.6 Å². The number of phenols is 2. The van der Waals surface area contributed by atoms with E-state index >= 15 is 0 Å². The van der Waals surface area contributed by atoms with E-state index in [0.717, 1.165) is 11.6 Å². The third-order valence-electron chi connectivity index (χ3n) is 2.53. The first-order valence-electron chi connectivity index (χ1n) is 5.25. The van der Waals surface area contributed by atoms with Crippen LogP contribution < -0.4 is 0 Å². The van der Waals surface area contributed by atoms with Crippen LogP contribution in [0.3, 0.4) is 0 Å². The standard InChI is InChI=1S/C13H12O4S/c1-9-5-6-12(15)13(7-9)18(16,17)11-4-2-3-10(14)8-11/h2-8,14-15H,1H3. The highest BCUT2D eigenvalue weighted by Crippen LogP contribution is 2.30. The molecule has 0 aliphatic heterocycles. The van der Waals surface area contributed by atoms with Crippen LogP contribution in [-0.2, 0) is 9.84 Å². The normalized spacial score (nSPS) is 11.4. The van der Waals surface area contributed by atoms with Gasteiger partial charge < -0.3 is 10.2 Å². The average molecular weight is 264 g/mol. The Morgan fingerprint density at radius 2 is 1.72 bits per heavy atom. The molecule has 0 bridgehead atoms. The Balaban J connectivity index is 2.65. The van der Waals surface area contributed by atoms with Gasteiger partial charge in [-0.1, -0.05) is 12.1 Å². The van der Waals surface area contributed by atoms with Crippen molar-refractivity contribution in [3.63, 3.8) is 0 Å². The van der Waals surface area contributed by atoms with Crippen molar-refractivity contribution in [3.05, 3.63) is 48.0 Å². The van der Waals surface area contributed by atoms with Crippen LogP contribution in [0, 0.1) is 6.92 Å². The fourth-order valence-corrected chi connectivity index (χ4v) is 3.09. The molecule has 0 aliphatic rings. The lowest BCUT2D eigenvalue weighted by molar-refractivity contribution is 0.458. The van der Waals surface area contributed by atoms with E-state index in [4.69, 9.17) is 0 Å². The first kappa shape index (κ1) is 12.4. The minimum Gasteiger partial charge on any atom is -0.508 e. The molecule has 0 heterocycles. The SMILES string of the molecule is Cc1ccc(O)c(S(=O)(=O)c2cccc(O)c2)c1. The van der Waals surface area contributed by atoms with E-state index in [9.17, 15) is 18.6 Å². The summed E-state index contributed by atoms with van der Waals surface area (Å²) in [4.78, 5) is -0.212. The third kappa shape index (κ3) is 2.17. The summed E-state index contributed by atoms with van der Waals surface area (Å²) in [6.07, 6.45) is 0. The molecular formula is C13H12O4S. The van der Waals surface area contributed by atoms with E-state index < -0.39 is 9.84 Å². The van der Waals surface area contributed by atoms with Crippen LogP contribution in [0.5, 0.6) is 11.5 Å². The lowest BCUT2D eigenvalue weighted by Crippen LogP contribution is -2.02. The van der Waals surface area contributed by atoms with Gasteiger partial charge in [-0.2, -0.15) is 0 Å². The van der Waals surface area contributed by atoms with Gasteiger partial charge in [0.2, 0.25) is 9.84 Å². The number of sulfone groups is 1. The Labute approximate surface area is 105 Å². The molecule has 5 heteroatoms. The summed E-state index contributed by atoms with van der Waals surface area (Å²) in [5.41, 5.74) is 0.728. The first-order chi connectivity index (χ1) is 8.41. The highest BCUT2D eigenvalue weighted by molar-refractivity contribution is 7.91. The van der Waals surface area contributed by atoms with Gasteiger partial charge in [-0.25, -0.2) is 8.42 Å². The summed E-state index contributed by atoms with van der Waals surface area (Å²) in [6.45, 7) is 1.74. The summed E-state index contributed by atoms with van der Waals surface area (Å²) < 4.78 is 24.6. The highest BCUT2D eigenvalue weighted by Gasteiger charge is 2.21. The second kappa shape index (κ2) is 4.34. The Bertz CT molecular complexity index is 690. The van der Waals surface area contributed by atoms with Crippen LogP contribution >= 0.6 is 0 Å². The lowest BCUT2D eigenvalue weighted by atomic mass is 10.2. The molecule has 18 heavy (non-hydrogen) atoms. The predicted molar refractivity (Wildman–Crippen MR) is 66.4 cm³/mol. The predicted octanol–water partition coefficient (Wildman–Crippen LogP) is 2.24. The first-order valence-corrected chi connectivity index (χ1v) is 6.73. The number of benzene rings is 2. The number of phenolic OH excluding ortho intramolecular Hbond substituents is 2. The number of hydrogen-bond donors (Lipinski definition) is 2. The van der Waals surface area contributed by atoms with Crippen molar-refractivity contribution >= 4 is 9.84 Å². The molecular weight excluding hydrogens is 252 g/mol. The molecule has 0 atom stereocenters. The maximum atomic E-state index is 12.3. The average Bonchev–Trinajstić information content (AvgIpc) is 2.32. The molecule has 2 aromatic carbocycles. The van der Waals surface area contributed by atoms with Crippen molar-refractivity contribution in [2.75, 3.05) is 0 Å². The molecule has 0 aliphatic carbocycles. The van der Waals surface area contributed by atoms with Gasteiger partial charge in [0.15, 0.2) is 0 Å². The van der Waals surface area contributed by atoms with Crippen molar-refractivity contribution in [1.29, 1.82) is 0 Å². The molecule has 0 spiro atoms. The smallest absolute Gasteiger partial charge is 0.210 e. The second-order valence-corrected chi connectivity index (χ2v) is 5.89. The summed E-state index contributed by atoms with van der Waals surface area (Å²) in [5.74, 6) is -0.438. The lowest BCUT2D eigenvalue weighted by Gasteiger charge is -2.08. The van der Waals surface area contributed by atoms with Crippen molar-refractivity contribution in [3.8, 4) is 11.5 Å². The van der Waals surface area contributed by atoms with E-state index in [2.05, 4.69) is 0 Å². The minimum atomic E-state index is -3.82. The van der Waals surface area contributed by atoms with Crippen LogP contribution in [0.4, 0.5) is 0 Å². The van der Waals surface area contributed by atoms with Crippen molar-refractivity contribution in [2.24, 2.45) is 0 Å². The zero-order valence-corrected chi connectivity index (χ0v) is 10.5. The zero-order chi connectivity index (χ0) is 13.3. The summed E-state index contributed by atoms with van der Waals surface area (Å²) in [5, 5.41) is 19.0. The van der Waals surface area contributed by atoms with Gasteiger partial charge in [-0.05, 0) is 42.8 Å². The van der Waals surface area contributed by atoms with Gasteiger partial charge in [0.05, 0.1) is 4.90 Å². The minimum absolute atomic E-state index is 0.0524. The van der Waals surface area contributed by atoms with E-state index in [1.807, 2.05) is 0 Å². The maximum Gasteiger partial charge on any atom is 0.210 e. The zero-order valence-electron chi connectivity index (χ0n) is 9.66. The molecule has 4 nitrogen and oxygen atoms in total. The molecule has 2 rings (SSSR count). The molecule has 0 unspecified atom stereocenters. The van der Waals surface area contributed by atoms with Gasteiger partial charge in [-0.15, -0.1) is 0 Å². The summed E-state index contributed by atoms with van der Waals surface area (Å²) in [7, 11) is -3.82. The second-order valence-electron chi connectivity index (χ2n) is 3.97. The van der Waals surface area contributed by atoms with Gasteiger partial charge >= 0.3 is 0 Å². The van der Waals surface area contributed by atoms with E-state index in [0.29, 0.717) is 0 Å². The molecule has 0 saturated carbocycles. The Morgan fingerprint density at radius 3 is 2.39 bits per heavy atom. The van der Waals surface area contributed by atoms with E-state index in [1.165, 1.54) is 30.3 Å². The van der Waals surface area contributed by atoms with E-state index in [1.54, 1.807) is 13.0 Å². The van der Waals surface area contributed by atoms with Crippen LogP contribution in [-0.4, -0.2) is 18.6 Å². The van der Waals surface area contributed by atoms with Gasteiger partial charge in [0.1, 0.15) is 16.4 Å². The molecule has 2 N–H and O–H groups in total. The Hall–Kier alpha value is -2.01. The fourth-order valence-electron chi connectivity index (χ4n) is 1.61. The number of rotatable bonds is 2. The number of aromatic hydroxyl groups is 2. The Morgan fingerprint density at radius 1 is 1.00 bits per heavy atom. The maximum absolute atomic E-state index is 12.3. The van der Waals surface area contributed by atoms with Crippen LogP contribution in [0.25, 0.3) is 0 Å². The van der Waals surface area contributed by atoms with Gasteiger partial charge in [0, 0.05) is 0 Å². The van der Waals surface area contributed by atoms with Crippen LogP contribution in [0.2, 0.25) is 0 Å². The third-order valence-corrected chi connectivity index (χ3v) is 4.31. The van der Waals surface area contributed by atoms with Crippen LogP contribution in [0.15, 0.2) is 52.3 Å². The summed E-state index contributed by atoms with van der Waals surface area (Å²) in [6, 6.07) is 9.70. The molecule has 2 aromatic rings. The molecule has 0 saturated heterocycles.